The molecule has 1 amide bonds. The fourth-order valence-corrected chi connectivity index (χ4v) is 3.98. The van der Waals surface area contributed by atoms with E-state index in [4.69, 9.17) is 13.9 Å². The fourth-order valence-electron chi connectivity index (χ4n) is 2.90. The van der Waals surface area contributed by atoms with Gasteiger partial charge >= 0.3 is 17.6 Å². The Morgan fingerprint density at radius 1 is 1.10 bits per heavy atom. The molecule has 9 heteroatoms. The van der Waals surface area contributed by atoms with Gasteiger partial charge in [0, 0.05) is 5.39 Å². The van der Waals surface area contributed by atoms with Crippen molar-refractivity contribution in [2.24, 2.45) is 0 Å². The van der Waals surface area contributed by atoms with E-state index in [1.807, 2.05) is 6.92 Å². The molecular weight excluding hydrogens is 422 g/mol. The van der Waals surface area contributed by atoms with Crippen molar-refractivity contribution in [3.63, 3.8) is 0 Å². The second kappa shape index (κ2) is 9.57. The summed E-state index contributed by atoms with van der Waals surface area (Å²) in [5.74, 6) is -2.05. The van der Waals surface area contributed by atoms with Crippen LogP contribution in [0.3, 0.4) is 0 Å². The lowest BCUT2D eigenvalue weighted by molar-refractivity contribution is 0.0506. The number of para-hydroxylation sites is 1. The standard InChI is InChI=1S/C22H21NO7S/c1-4-10-29-21(26)16-12(3)17(22(27)28-5-2)31-19(16)23-18(24)14-11-13-8-6-7-9-15(13)30-20(14)25/h6-9,11H,4-5,10H2,1-3H3,(H,23,24). The molecule has 0 saturated heterocycles. The summed E-state index contributed by atoms with van der Waals surface area (Å²) in [5, 5.41) is 3.23. The molecule has 31 heavy (non-hydrogen) atoms. The Kier molecular flexibility index (Phi) is 6.86. The van der Waals surface area contributed by atoms with Crippen LogP contribution in [0.1, 0.15) is 56.2 Å². The lowest BCUT2D eigenvalue weighted by Gasteiger charge is -2.07. The SMILES string of the molecule is CCCOC(=O)c1c(NC(=O)c2cc3ccccc3oc2=O)sc(C(=O)OCC)c1C. The Morgan fingerprint density at radius 2 is 1.84 bits per heavy atom. The molecule has 0 fully saturated rings. The van der Waals surface area contributed by atoms with Crippen molar-refractivity contribution < 1.29 is 28.3 Å². The maximum Gasteiger partial charge on any atom is 0.349 e. The number of hydrogen-bond donors (Lipinski definition) is 1. The highest BCUT2D eigenvalue weighted by molar-refractivity contribution is 7.18. The number of anilines is 1. The van der Waals surface area contributed by atoms with E-state index in [-0.39, 0.29) is 34.2 Å². The van der Waals surface area contributed by atoms with Gasteiger partial charge in [-0.1, -0.05) is 25.1 Å². The summed E-state index contributed by atoms with van der Waals surface area (Å²) >= 11 is 0.888. The number of ether oxygens (including phenoxy) is 2. The second-order valence-electron chi connectivity index (χ2n) is 6.56. The summed E-state index contributed by atoms with van der Waals surface area (Å²) in [6.07, 6.45) is 0.611. The predicted octanol–water partition coefficient (Wildman–Crippen LogP) is 4.16. The average molecular weight is 443 g/mol. The first-order valence-electron chi connectivity index (χ1n) is 9.69. The van der Waals surface area contributed by atoms with Crippen molar-refractivity contribution in [2.75, 3.05) is 18.5 Å². The van der Waals surface area contributed by atoms with Crippen LogP contribution >= 0.6 is 11.3 Å². The molecule has 0 aliphatic carbocycles. The van der Waals surface area contributed by atoms with Crippen LogP contribution < -0.4 is 10.9 Å². The van der Waals surface area contributed by atoms with E-state index < -0.39 is 23.5 Å². The molecule has 0 saturated carbocycles. The number of thiophene rings is 1. The van der Waals surface area contributed by atoms with Gasteiger partial charge in [-0.2, -0.15) is 0 Å². The monoisotopic (exact) mass is 443 g/mol. The normalized spacial score (nSPS) is 10.7. The highest BCUT2D eigenvalue weighted by atomic mass is 32.1. The summed E-state index contributed by atoms with van der Waals surface area (Å²) in [7, 11) is 0. The van der Waals surface area contributed by atoms with Crippen molar-refractivity contribution in [3.8, 4) is 0 Å². The molecule has 2 aromatic heterocycles. The third-order valence-corrected chi connectivity index (χ3v) is 5.55. The number of hydrogen-bond acceptors (Lipinski definition) is 8. The predicted molar refractivity (Wildman–Crippen MR) is 116 cm³/mol. The first-order valence-corrected chi connectivity index (χ1v) is 10.5. The number of carbonyl (C=O) groups is 3. The second-order valence-corrected chi connectivity index (χ2v) is 7.58. The largest absolute Gasteiger partial charge is 0.462 e. The van der Waals surface area contributed by atoms with Crippen molar-refractivity contribution in [1.82, 2.24) is 0 Å². The Hall–Kier alpha value is -3.46. The van der Waals surface area contributed by atoms with E-state index in [9.17, 15) is 19.2 Å². The van der Waals surface area contributed by atoms with Crippen LogP contribution in [0, 0.1) is 6.92 Å². The molecule has 2 heterocycles. The van der Waals surface area contributed by atoms with Crippen LogP contribution in [-0.2, 0) is 9.47 Å². The van der Waals surface area contributed by atoms with Crippen molar-refractivity contribution in [2.45, 2.75) is 27.2 Å². The number of carbonyl (C=O) groups excluding carboxylic acids is 3. The zero-order valence-electron chi connectivity index (χ0n) is 17.3. The van der Waals surface area contributed by atoms with Gasteiger partial charge in [-0.3, -0.25) is 4.79 Å². The smallest absolute Gasteiger partial charge is 0.349 e. The quantitative estimate of drug-likeness (QED) is 0.431. The van der Waals surface area contributed by atoms with Crippen molar-refractivity contribution in [1.29, 1.82) is 0 Å². The number of rotatable bonds is 7. The number of nitrogens with one attached hydrogen (secondary N) is 1. The maximum atomic E-state index is 12.9. The van der Waals surface area contributed by atoms with Gasteiger partial charge < -0.3 is 19.2 Å². The first kappa shape index (κ1) is 22.2. The van der Waals surface area contributed by atoms with Crippen LogP contribution in [0.5, 0.6) is 0 Å². The molecule has 0 radical (unpaired) electrons. The van der Waals surface area contributed by atoms with Gasteiger partial charge in [0.15, 0.2) is 0 Å². The minimum absolute atomic E-state index is 0.0556. The number of amides is 1. The van der Waals surface area contributed by atoms with Gasteiger partial charge in [0.25, 0.3) is 5.91 Å². The Balaban J connectivity index is 2.01. The number of fused-ring (bicyclic) bond motifs is 1. The van der Waals surface area contributed by atoms with E-state index in [0.29, 0.717) is 23.0 Å². The van der Waals surface area contributed by atoms with Gasteiger partial charge in [0.1, 0.15) is 21.0 Å². The lowest BCUT2D eigenvalue weighted by atomic mass is 10.1. The van der Waals surface area contributed by atoms with Crippen molar-refractivity contribution in [3.05, 3.63) is 62.3 Å². The van der Waals surface area contributed by atoms with Gasteiger partial charge in [-0.25, -0.2) is 14.4 Å². The molecular formula is C22H21NO7S. The summed E-state index contributed by atoms with van der Waals surface area (Å²) in [5.41, 5.74) is -0.296. The average Bonchev–Trinajstić information content (AvgIpc) is 3.07. The number of esters is 2. The molecule has 0 aliphatic rings. The molecule has 1 N–H and O–H groups in total. The Bertz CT molecular complexity index is 1210. The molecule has 3 rings (SSSR count). The Labute approximate surface area is 181 Å². The summed E-state index contributed by atoms with van der Waals surface area (Å²) < 4.78 is 15.4. The molecule has 0 bridgehead atoms. The van der Waals surface area contributed by atoms with E-state index in [2.05, 4.69) is 5.32 Å². The molecule has 3 aromatic rings. The Morgan fingerprint density at radius 3 is 2.55 bits per heavy atom. The minimum atomic E-state index is -0.815. The van der Waals surface area contributed by atoms with Crippen LogP contribution in [0.2, 0.25) is 0 Å². The van der Waals surface area contributed by atoms with E-state index in [0.717, 1.165) is 11.3 Å². The number of benzene rings is 1. The minimum Gasteiger partial charge on any atom is -0.462 e. The van der Waals surface area contributed by atoms with E-state index in [1.54, 1.807) is 38.1 Å². The third kappa shape index (κ3) is 4.66. The molecule has 0 aliphatic heterocycles. The topological polar surface area (TPSA) is 112 Å². The molecule has 162 valence electrons. The first-order chi connectivity index (χ1) is 14.9. The van der Waals surface area contributed by atoms with Gasteiger partial charge in [-0.15, -0.1) is 11.3 Å². The van der Waals surface area contributed by atoms with Crippen LogP contribution in [0.25, 0.3) is 11.0 Å². The van der Waals surface area contributed by atoms with Gasteiger partial charge in [0.2, 0.25) is 0 Å². The zero-order valence-corrected chi connectivity index (χ0v) is 18.1. The van der Waals surface area contributed by atoms with E-state index in [1.165, 1.54) is 6.07 Å². The molecule has 0 spiro atoms. The van der Waals surface area contributed by atoms with Gasteiger partial charge in [0.05, 0.1) is 18.8 Å². The van der Waals surface area contributed by atoms with Crippen LogP contribution in [0.4, 0.5) is 5.00 Å². The van der Waals surface area contributed by atoms with Crippen LogP contribution in [-0.4, -0.2) is 31.1 Å². The highest BCUT2D eigenvalue weighted by Crippen LogP contribution is 2.34. The highest BCUT2D eigenvalue weighted by Gasteiger charge is 2.28. The van der Waals surface area contributed by atoms with E-state index >= 15 is 0 Å². The molecule has 0 atom stereocenters. The van der Waals surface area contributed by atoms with Gasteiger partial charge in [-0.05, 0) is 38.0 Å². The van der Waals surface area contributed by atoms with Crippen molar-refractivity contribution >= 4 is 45.2 Å². The summed E-state index contributed by atoms with van der Waals surface area (Å²) in [4.78, 5) is 50.2. The molecule has 0 unspecified atom stereocenters. The maximum absolute atomic E-state index is 12.9. The molecule has 1 aromatic carbocycles. The third-order valence-electron chi connectivity index (χ3n) is 4.36. The van der Waals surface area contributed by atoms with Crippen LogP contribution in [0.15, 0.2) is 39.5 Å². The lowest BCUT2D eigenvalue weighted by Crippen LogP contribution is -2.21. The fraction of sp³-hybridized carbons (Fsp3) is 0.273. The molecule has 8 nitrogen and oxygen atoms in total. The zero-order chi connectivity index (χ0) is 22.5. The summed E-state index contributed by atoms with van der Waals surface area (Å²) in [6, 6.07) is 8.20. The summed E-state index contributed by atoms with van der Waals surface area (Å²) in [6.45, 7) is 5.43.